The zero-order chi connectivity index (χ0) is 15.3. The summed E-state index contributed by atoms with van der Waals surface area (Å²) in [5, 5.41) is 12.1. The number of ether oxygens (including phenoxy) is 2. The molecule has 0 fully saturated rings. The first kappa shape index (κ1) is 13.7. The van der Waals surface area contributed by atoms with Crippen LogP contribution in [0.2, 0.25) is 0 Å². The molecule has 7 heteroatoms. The maximum Gasteiger partial charge on any atom is 0.333 e. The Morgan fingerprint density at radius 2 is 1.81 bits per heavy atom. The van der Waals surface area contributed by atoms with Crippen molar-refractivity contribution in [3.63, 3.8) is 0 Å². The van der Waals surface area contributed by atoms with Crippen LogP contribution in [-0.2, 0) is 31.3 Å². The lowest BCUT2D eigenvalue weighted by Gasteiger charge is -2.44. The number of rotatable bonds is 1. The third kappa shape index (κ3) is 1.79. The molecule has 0 radical (unpaired) electrons. The van der Waals surface area contributed by atoms with E-state index in [1.165, 1.54) is 7.05 Å². The third-order valence-corrected chi connectivity index (χ3v) is 3.78. The van der Waals surface area contributed by atoms with E-state index in [0.717, 1.165) is 17.2 Å². The van der Waals surface area contributed by atoms with Gasteiger partial charge in [-0.15, -0.1) is 0 Å². The Morgan fingerprint density at radius 3 is 2.48 bits per heavy atom. The molecule has 0 amide bonds. The monoisotopic (exact) mass is 290 g/mol. The second-order valence-corrected chi connectivity index (χ2v) is 5.05. The molecule has 0 unspecified atom stereocenters. The minimum Gasteiger partial charge on any atom is -0.431 e. The van der Waals surface area contributed by atoms with Gasteiger partial charge in [0.2, 0.25) is 0 Å². The fourth-order valence-corrected chi connectivity index (χ4v) is 2.79. The van der Waals surface area contributed by atoms with E-state index < -0.39 is 23.5 Å². The van der Waals surface area contributed by atoms with Gasteiger partial charge in [0.05, 0.1) is 0 Å². The number of carbonyl (C=O) groups excluding carboxylic acids is 2. The number of aliphatic hydroxyl groups is 1. The van der Waals surface area contributed by atoms with Gasteiger partial charge in [-0.3, -0.25) is 5.84 Å². The molecule has 0 aromatic heterocycles. The van der Waals surface area contributed by atoms with Crippen LogP contribution >= 0.6 is 0 Å². The number of likely N-dealkylation sites (N-methyl/N-ethyl adjacent to an activating group) is 1. The summed E-state index contributed by atoms with van der Waals surface area (Å²) in [6.45, 7) is 0. The smallest absolute Gasteiger partial charge is 0.333 e. The predicted molar refractivity (Wildman–Crippen MR) is 70.0 cm³/mol. The summed E-state index contributed by atoms with van der Waals surface area (Å²) in [4.78, 5) is 23.6. The Bertz CT molecular complexity index is 657. The molecule has 3 N–H and O–H groups in total. The number of nitrogens with two attached hydrogens (primary N) is 1. The van der Waals surface area contributed by atoms with Gasteiger partial charge in [0, 0.05) is 31.2 Å². The molecule has 1 heterocycles. The lowest BCUT2D eigenvalue weighted by Crippen LogP contribution is -2.66. The average Bonchev–Trinajstić information content (AvgIpc) is 2.66. The molecule has 1 aromatic carbocycles. The summed E-state index contributed by atoms with van der Waals surface area (Å²) < 4.78 is 10.5. The van der Waals surface area contributed by atoms with Crippen molar-refractivity contribution in [2.45, 2.75) is 17.9 Å². The van der Waals surface area contributed by atoms with Crippen LogP contribution in [0.1, 0.15) is 11.1 Å². The number of hydrogen-bond donors (Lipinski definition) is 2. The van der Waals surface area contributed by atoms with Crippen molar-refractivity contribution in [3.05, 3.63) is 47.5 Å². The van der Waals surface area contributed by atoms with Crippen molar-refractivity contribution in [1.29, 1.82) is 0 Å². The fraction of sp³-hybridized carbons (Fsp3) is 0.286. The SMILES string of the molecule is CN(N)[C@]12Cc3ccccc3[C@]1(O)OC(=O)/C=C/C(=O)O2. The van der Waals surface area contributed by atoms with Crippen molar-refractivity contribution in [3.8, 4) is 0 Å². The summed E-state index contributed by atoms with van der Waals surface area (Å²) in [6, 6.07) is 6.81. The highest BCUT2D eigenvalue weighted by molar-refractivity contribution is 5.92. The van der Waals surface area contributed by atoms with Gasteiger partial charge in [0.1, 0.15) is 0 Å². The van der Waals surface area contributed by atoms with E-state index in [4.69, 9.17) is 15.3 Å². The molecule has 3 rings (SSSR count). The zero-order valence-electron chi connectivity index (χ0n) is 11.3. The maximum absolute atomic E-state index is 11.8. The topological polar surface area (TPSA) is 102 Å². The van der Waals surface area contributed by atoms with Crippen molar-refractivity contribution < 1.29 is 24.2 Å². The number of hydrogen-bond acceptors (Lipinski definition) is 7. The fourth-order valence-electron chi connectivity index (χ4n) is 2.79. The number of hydrazine groups is 1. The molecule has 2 atom stereocenters. The van der Waals surface area contributed by atoms with E-state index in [1.54, 1.807) is 24.3 Å². The van der Waals surface area contributed by atoms with Gasteiger partial charge in [-0.25, -0.2) is 14.6 Å². The lowest BCUT2D eigenvalue weighted by molar-refractivity contribution is -0.330. The van der Waals surface area contributed by atoms with Crippen LogP contribution in [0.3, 0.4) is 0 Å². The summed E-state index contributed by atoms with van der Waals surface area (Å²) in [7, 11) is 1.43. The van der Waals surface area contributed by atoms with E-state index in [9.17, 15) is 14.7 Å². The second kappa shape index (κ2) is 4.39. The number of fused-ring (bicyclic) bond motifs is 3. The summed E-state index contributed by atoms with van der Waals surface area (Å²) in [5.74, 6) is 2.01. The molecular weight excluding hydrogens is 276 g/mol. The van der Waals surface area contributed by atoms with Crippen LogP contribution in [0.4, 0.5) is 0 Å². The number of esters is 2. The van der Waals surface area contributed by atoms with Crippen molar-refractivity contribution in [2.75, 3.05) is 7.05 Å². The summed E-state index contributed by atoms with van der Waals surface area (Å²) >= 11 is 0. The molecular formula is C14H14N2O5. The average molecular weight is 290 g/mol. The van der Waals surface area contributed by atoms with Crippen molar-refractivity contribution in [2.24, 2.45) is 5.84 Å². The normalized spacial score (nSPS) is 32.6. The predicted octanol–water partition coefficient (Wildman–Crippen LogP) is -0.454. The Labute approximate surface area is 120 Å². The number of nitrogens with zero attached hydrogens (tertiary/aromatic N) is 1. The van der Waals surface area contributed by atoms with Crippen LogP contribution in [0.5, 0.6) is 0 Å². The van der Waals surface area contributed by atoms with Crippen LogP contribution in [0.15, 0.2) is 36.4 Å². The first-order valence-electron chi connectivity index (χ1n) is 6.32. The molecule has 2 aliphatic rings. The lowest BCUT2D eigenvalue weighted by atomic mass is 10.0. The summed E-state index contributed by atoms with van der Waals surface area (Å²) in [5.41, 5.74) is -0.688. The Balaban J connectivity index is 2.24. The van der Waals surface area contributed by atoms with Crippen LogP contribution in [-0.4, -0.2) is 34.8 Å². The van der Waals surface area contributed by atoms with Gasteiger partial charge in [0.25, 0.3) is 11.5 Å². The maximum atomic E-state index is 11.8. The number of benzene rings is 1. The van der Waals surface area contributed by atoms with Gasteiger partial charge in [-0.1, -0.05) is 24.3 Å². The van der Waals surface area contributed by atoms with Gasteiger partial charge in [-0.2, -0.15) is 0 Å². The first-order valence-corrected chi connectivity index (χ1v) is 6.32. The first-order chi connectivity index (χ1) is 9.89. The van der Waals surface area contributed by atoms with Crippen LogP contribution in [0, 0.1) is 0 Å². The third-order valence-electron chi connectivity index (χ3n) is 3.78. The molecule has 1 aliphatic heterocycles. The highest BCUT2D eigenvalue weighted by atomic mass is 16.7. The second-order valence-electron chi connectivity index (χ2n) is 5.05. The Hall–Kier alpha value is -2.22. The molecule has 21 heavy (non-hydrogen) atoms. The molecule has 0 saturated heterocycles. The minimum atomic E-state index is -2.18. The molecule has 7 nitrogen and oxygen atoms in total. The van der Waals surface area contributed by atoms with E-state index >= 15 is 0 Å². The molecule has 1 aromatic rings. The molecule has 110 valence electrons. The summed E-state index contributed by atoms with van der Waals surface area (Å²) in [6.07, 6.45) is 1.94. The quantitative estimate of drug-likeness (QED) is 0.410. The zero-order valence-corrected chi connectivity index (χ0v) is 11.3. The van der Waals surface area contributed by atoms with Gasteiger partial charge < -0.3 is 14.6 Å². The van der Waals surface area contributed by atoms with E-state index in [2.05, 4.69) is 0 Å². The highest BCUT2D eigenvalue weighted by Crippen LogP contribution is 2.48. The van der Waals surface area contributed by atoms with E-state index in [0.29, 0.717) is 11.1 Å². The van der Waals surface area contributed by atoms with Gasteiger partial charge >= 0.3 is 11.9 Å². The molecule has 1 aliphatic carbocycles. The highest BCUT2D eigenvalue weighted by Gasteiger charge is 2.65. The standard InChI is InChI=1S/C14H14N2O5/c1-16(15)13-8-9-4-2-3-5-10(9)14(13,19)21-12(18)7-6-11(17)20-13/h2-7,19H,8,15H2,1H3/b7-6+/t13-,14-/m0/s1. The number of carbonyl (C=O) groups is 2. The molecule has 0 saturated carbocycles. The largest absolute Gasteiger partial charge is 0.431 e. The minimum absolute atomic E-state index is 0.0968. The van der Waals surface area contributed by atoms with E-state index in [1.807, 2.05) is 0 Å². The van der Waals surface area contributed by atoms with Gasteiger partial charge in [-0.05, 0) is 5.56 Å². The Kier molecular flexibility index (Phi) is 2.87. The van der Waals surface area contributed by atoms with Crippen LogP contribution in [0.25, 0.3) is 0 Å². The van der Waals surface area contributed by atoms with Crippen LogP contribution < -0.4 is 5.84 Å². The van der Waals surface area contributed by atoms with E-state index in [-0.39, 0.29) is 6.42 Å². The van der Waals surface area contributed by atoms with Crippen molar-refractivity contribution in [1.82, 2.24) is 5.01 Å². The molecule has 0 spiro atoms. The van der Waals surface area contributed by atoms with Crippen molar-refractivity contribution >= 4 is 11.9 Å². The Morgan fingerprint density at radius 1 is 1.19 bits per heavy atom. The molecule has 0 bridgehead atoms. The van der Waals surface area contributed by atoms with Gasteiger partial charge in [0.15, 0.2) is 0 Å².